The predicted molar refractivity (Wildman–Crippen MR) is 126 cm³/mol. The first kappa shape index (κ1) is 25.2. The lowest BCUT2D eigenvalue weighted by molar-refractivity contribution is -0.123. The van der Waals surface area contributed by atoms with Crippen LogP contribution in [0.3, 0.4) is 0 Å². The van der Waals surface area contributed by atoms with Crippen LogP contribution in [0.5, 0.6) is 0 Å². The molecule has 3 amide bonds. The van der Waals surface area contributed by atoms with Gasteiger partial charge in [0.1, 0.15) is 5.54 Å². The number of anilines is 3. The van der Waals surface area contributed by atoms with E-state index in [0.29, 0.717) is 11.3 Å². The van der Waals surface area contributed by atoms with Crippen molar-refractivity contribution in [1.82, 2.24) is 9.88 Å². The minimum atomic E-state index is -5.56. The van der Waals surface area contributed by atoms with Crippen LogP contribution in [-0.4, -0.2) is 41.3 Å². The average Bonchev–Trinajstić information content (AvgIpc) is 2.99. The number of halogens is 3. The molecule has 3 aromatic rings. The lowest BCUT2D eigenvalue weighted by Gasteiger charge is -2.28. The number of carbonyl (C=O) groups excluding carboxylic acids is 2. The summed E-state index contributed by atoms with van der Waals surface area (Å²) in [6, 6.07) is 13.7. The third kappa shape index (κ3) is 4.39. The molecule has 188 valence electrons. The van der Waals surface area contributed by atoms with Crippen LogP contribution in [0.4, 0.5) is 35.0 Å². The molecule has 1 aromatic heterocycles. The van der Waals surface area contributed by atoms with Crippen molar-refractivity contribution in [3.05, 3.63) is 78.6 Å². The molecule has 2 heterocycles. The van der Waals surface area contributed by atoms with Crippen LogP contribution in [0.2, 0.25) is 0 Å². The number of alkyl halides is 3. The number of amides is 3. The Bertz CT molecular complexity index is 1410. The van der Waals surface area contributed by atoms with Gasteiger partial charge in [0, 0.05) is 11.9 Å². The third-order valence-electron chi connectivity index (χ3n) is 5.83. The van der Waals surface area contributed by atoms with Gasteiger partial charge in [0.15, 0.2) is 0 Å². The monoisotopic (exact) mass is 518 g/mol. The molecule has 0 unspecified atom stereocenters. The Hall–Kier alpha value is -3.93. The van der Waals surface area contributed by atoms with E-state index >= 15 is 0 Å². The Morgan fingerprint density at radius 2 is 1.61 bits per heavy atom. The Morgan fingerprint density at radius 1 is 0.972 bits per heavy atom. The lowest BCUT2D eigenvalue weighted by Crippen LogP contribution is -2.43. The second-order valence-electron chi connectivity index (χ2n) is 8.54. The number of carbonyl (C=O) groups is 2. The number of pyridine rings is 1. The quantitative estimate of drug-likeness (QED) is 0.468. The van der Waals surface area contributed by atoms with Gasteiger partial charge in [-0.15, -0.1) is 0 Å². The summed E-state index contributed by atoms with van der Waals surface area (Å²) in [5, 5.41) is 3.23. The standard InChI is InChI=1S/C24H21F3N4O4S/c1-23(2)21(32)31(18-8-10-19(11-9-18)36(34,35)24(25,26)27)22(33)30(23)15-16-12-13-28-14-20(16)29-17-6-4-3-5-7-17/h3-14,29H,15H2,1-2H3. The van der Waals surface area contributed by atoms with E-state index < -0.39 is 37.7 Å². The van der Waals surface area contributed by atoms with E-state index in [1.807, 2.05) is 30.3 Å². The first-order valence-corrected chi connectivity index (χ1v) is 12.1. The van der Waals surface area contributed by atoms with Crippen LogP contribution in [0, 0.1) is 0 Å². The van der Waals surface area contributed by atoms with Gasteiger partial charge in [0.05, 0.1) is 29.0 Å². The smallest absolute Gasteiger partial charge is 0.354 e. The highest BCUT2D eigenvalue weighted by Crippen LogP contribution is 2.36. The highest BCUT2D eigenvalue weighted by molar-refractivity contribution is 7.92. The summed E-state index contributed by atoms with van der Waals surface area (Å²) in [6.45, 7) is 3.15. The number of sulfone groups is 1. The molecule has 1 saturated heterocycles. The number of para-hydroxylation sites is 1. The van der Waals surface area contributed by atoms with Crippen LogP contribution in [0.25, 0.3) is 0 Å². The molecule has 1 aliphatic rings. The summed E-state index contributed by atoms with van der Waals surface area (Å²) in [7, 11) is -5.56. The van der Waals surface area contributed by atoms with Gasteiger partial charge in [-0.1, -0.05) is 18.2 Å². The van der Waals surface area contributed by atoms with Gasteiger partial charge in [-0.2, -0.15) is 13.2 Å². The molecule has 2 aromatic carbocycles. The van der Waals surface area contributed by atoms with Gasteiger partial charge in [-0.3, -0.25) is 9.78 Å². The van der Waals surface area contributed by atoms with Crippen LogP contribution >= 0.6 is 0 Å². The van der Waals surface area contributed by atoms with Crippen LogP contribution in [-0.2, 0) is 21.2 Å². The van der Waals surface area contributed by atoms with Crippen molar-refractivity contribution in [2.75, 3.05) is 10.2 Å². The van der Waals surface area contributed by atoms with Gasteiger partial charge in [0.2, 0.25) is 0 Å². The van der Waals surface area contributed by atoms with E-state index in [2.05, 4.69) is 10.3 Å². The fraction of sp³-hybridized carbons (Fsp3) is 0.208. The first-order valence-electron chi connectivity index (χ1n) is 10.7. The maximum atomic E-state index is 13.3. The van der Waals surface area contributed by atoms with Gasteiger partial charge < -0.3 is 10.2 Å². The number of urea groups is 1. The number of nitrogens with zero attached hydrogens (tertiary/aromatic N) is 3. The van der Waals surface area contributed by atoms with E-state index in [9.17, 15) is 31.2 Å². The van der Waals surface area contributed by atoms with Gasteiger partial charge in [-0.25, -0.2) is 18.1 Å². The summed E-state index contributed by atoms with van der Waals surface area (Å²) in [4.78, 5) is 31.8. The van der Waals surface area contributed by atoms with Crippen molar-refractivity contribution in [1.29, 1.82) is 0 Å². The van der Waals surface area contributed by atoms with Crippen molar-refractivity contribution in [2.45, 2.75) is 36.3 Å². The molecule has 8 nitrogen and oxygen atoms in total. The molecule has 0 spiro atoms. The number of aromatic nitrogens is 1. The van der Waals surface area contributed by atoms with Crippen molar-refractivity contribution < 1.29 is 31.2 Å². The molecular formula is C24H21F3N4O4S. The summed E-state index contributed by atoms with van der Waals surface area (Å²) in [5.41, 5.74) is -4.70. The van der Waals surface area contributed by atoms with E-state index in [-0.39, 0.29) is 12.2 Å². The molecule has 0 aliphatic carbocycles. The number of hydrogen-bond donors (Lipinski definition) is 1. The summed E-state index contributed by atoms with van der Waals surface area (Å²) >= 11 is 0. The average molecular weight is 519 g/mol. The molecule has 0 atom stereocenters. The van der Waals surface area contributed by atoms with Crippen LogP contribution < -0.4 is 10.2 Å². The SMILES string of the molecule is CC1(C)C(=O)N(c2ccc(S(=O)(=O)C(F)(F)F)cc2)C(=O)N1Cc1ccncc1Nc1ccccc1. The minimum absolute atomic E-state index is 0.0340. The molecule has 4 rings (SSSR count). The van der Waals surface area contributed by atoms with Crippen molar-refractivity contribution in [2.24, 2.45) is 0 Å². The molecule has 1 aliphatic heterocycles. The zero-order valence-corrected chi connectivity index (χ0v) is 20.0. The summed E-state index contributed by atoms with van der Waals surface area (Å²) in [5.74, 6) is -0.606. The number of nitrogens with one attached hydrogen (secondary N) is 1. The van der Waals surface area contributed by atoms with E-state index in [1.54, 1.807) is 32.3 Å². The second kappa shape index (κ2) is 8.94. The summed E-state index contributed by atoms with van der Waals surface area (Å²) < 4.78 is 61.8. The third-order valence-corrected chi connectivity index (χ3v) is 7.33. The van der Waals surface area contributed by atoms with Gasteiger partial charge in [-0.05, 0) is 61.9 Å². The topological polar surface area (TPSA) is 99.7 Å². The van der Waals surface area contributed by atoms with Crippen molar-refractivity contribution >= 4 is 38.8 Å². The number of hydrogen-bond acceptors (Lipinski definition) is 6. The Morgan fingerprint density at radius 3 is 2.22 bits per heavy atom. The van der Waals surface area contributed by atoms with E-state index in [1.165, 1.54) is 4.90 Å². The van der Waals surface area contributed by atoms with Crippen LogP contribution in [0.1, 0.15) is 19.4 Å². The zero-order valence-electron chi connectivity index (χ0n) is 19.2. The molecule has 0 radical (unpaired) electrons. The highest BCUT2D eigenvalue weighted by atomic mass is 32.2. The first-order chi connectivity index (χ1) is 16.8. The second-order valence-corrected chi connectivity index (χ2v) is 10.5. The molecule has 1 fully saturated rings. The Balaban J connectivity index is 1.62. The number of rotatable bonds is 6. The van der Waals surface area contributed by atoms with E-state index in [4.69, 9.17) is 0 Å². The molecule has 36 heavy (non-hydrogen) atoms. The molecule has 12 heteroatoms. The van der Waals surface area contributed by atoms with Crippen molar-refractivity contribution in [3.8, 4) is 0 Å². The molecule has 0 saturated carbocycles. The predicted octanol–water partition coefficient (Wildman–Crippen LogP) is 4.87. The largest absolute Gasteiger partial charge is 0.501 e. The lowest BCUT2D eigenvalue weighted by atomic mass is 10.0. The van der Waals surface area contributed by atoms with E-state index in [0.717, 1.165) is 34.9 Å². The number of benzene rings is 2. The normalized spacial score (nSPS) is 15.9. The molecule has 0 bridgehead atoms. The Kier molecular flexibility index (Phi) is 6.25. The minimum Gasteiger partial charge on any atom is -0.354 e. The van der Waals surface area contributed by atoms with Gasteiger partial charge >= 0.3 is 11.5 Å². The zero-order chi connectivity index (χ0) is 26.3. The fourth-order valence-electron chi connectivity index (χ4n) is 3.76. The maximum Gasteiger partial charge on any atom is 0.501 e. The molecule has 1 N–H and O–H groups in total. The highest BCUT2D eigenvalue weighted by Gasteiger charge is 2.52. The molecular weight excluding hydrogens is 497 g/mol. The van der Waals surface area contributed by atoms with Crippen molar-refractivity contribution in [3.63, 3.8) is 0 Å². The number of imide groups is 1. The summed E-state index contributed by atoms with van der Waals surface area (Å²) in [6.07, 6.45) is 3.15. The van der Waals surface area contributed by atoms with Gasteiger partial charge in [0.25, 0.3) is 15.7 Å². The maximum absolute atomic E-state index is 13.3. The Labute approximate surface area is 205 Å². The fourth-order valence-corrected chi connectivity index (χ4v) is 4.52. The van der Waals surface area contributed by atoms with Crippen LogP contribution in [0.15, 0.2) is 78.0 Å².